The Morgan fingerprint density at radius 3 is 2.58 bits per heavy atom. The van der Waals surface area contributed by atoms with Gasteiger partial charge in [0.2, 0.25) is 5.91 Å². The van der Waals surface area contributed by atoms with E-state index in [9.17, 15) is 27.6 Å². The number of fused-ring (bicyclic) bond motifs is 1. The van der Waals surface area contributed by atoms with Gasteiger partial charge in [0.25, 0.3) is 5.56 Å². The number of aromatic nitrogens is 3. The molecule has 0 bridgehead atoms. The van der Waals surface area contributed by atoms with E-state index in [2.05, 4.69) is 36.5 Å². The van der Waals surface area contributed by atoms with Gasteiger partial charge in [-0.25, -0.2) is 9.78 Å². The quantitative estimate of drug-likeness (QED) is 0.110. The molecule has 13 nitrogen and oxygen atoms in total. The number of rotatable bonds is 16. The van der Waals surface area contributed by atoms with Crippen molar-refractivity contribution in [1.82, 2.24) is 19.4 Å². The van der Waals surface area contributed by atoms with Crippen LogP contribution in [0, 0.1) is 19.8 Å². The summed E-state index contributed by atoms with van der Waals surface area (Å²) >= 11 is 3.50. The van der Waals surface area contributed by atoms with Crippen molar-refractivity contribution in [2.75, 3.05) is 68.1 Å². The number of carbonyl (C=O) groups excluding carboxylic acids is 2. The molecule has 2 aromatic carbocycles. The Hall–Kier alpha value is -4.74. The molecule has 2 N–H and O–H groups in total. The minimum Gasteiger partial charge on any atom is -0.489 e. The van der Waals surface area contributed by atoms with E-state index in [0.29, 0.717) is 68.3 Å². The number of halogens is 4. The third-order valence-electron chi connectivity index (χ3n) is 9.32. The number of carbonyl (C=O) groups is 2. The summed E-state index contributed by atoms with van der Waals surface area (Å²) in [5.41, 5.74) is 1.14. The minimum absolute atomic E-state index is 0.0392. The molecule has 3 amide bonds. The highest BCUT2D eigenvalue weighted by atomic mass is 79.9. The van der Waals surface area contributed by atoms with Gasteiger partial charge in [-0.05, 0) is 69.0 Å². The maximum Gasteiger partial charge on any atom is 0.417 e. The minimum atomic E-state index is -4.70. The first-order valence-electron chi connectivity index (χ1n) is 18.9. The fraction of sp³-hybridized carbons (Fsp3) is 0.475. The normalized spacial score (nSPS) is 14.6. The van der Waals surface area contributed by atoms with Crippen molar-refractivity contribution in [3.8, 4) is 5.75 Å². The zero-order valence-electron chi connectivity index (χ0n) is 32.7. The predicted octanol–water partition coefficient (Wildman–Crippen LogP) is 7.42. The fourth-order valence-electron chi connectivity index (χ4n) is 6.46. The van der Waals surface area contributed by atoms with E-state index in [-0.39, 0.29) is 55.4 Å². The first-order chi connectivity index (χ1) is 27.1. The molecule has 2 aromatic heterocycles. The van der Waals surface area contributed by atoms with Gasteiger partial charge in [0, 0.05) is 60.8 Å². The Kier molecular flexibility index (Phi) is 14.9. The average Bonchev–Trinajstić information content (AvgIpc) is 3.16. The lowest BCUT2D eigenvalue weighted by Gasteiger charge is -2.33. The molecule has 1 saturated heterocycles. The Morgan fingerprint density at radius 1 is 1.09 bits per heavy atom. The van der Waals surface area contributed by atoms with Crippen LogP contribution in [0.3, 0.4) is 0 Å². The van der Waals surface area contributed by atoms with Gasteiger partial charge in [0.05, 0.1) is 54.6 Å². The molecule has 0 radical (unpaired) electrons. The summed E-state index contributed by atoms with van der Waals surface area (Å²) in [7, 11) is 0. The number of alkyl halides is 3. The number of aryl methyl sites for hydroxylation is 2. The van der Waals surface area contributed by atoms with E-state index in [1.54, 1.807) is 42.3 Å². The maximum atomic E-state index is 14.1. The van der Waals surface area contributed by atoms with Crippen LogP contribution in [-0.2, 0) is 27.0 Å². The summed E-state index contributed by atoms with van der Waals surface area (Å²) in [5.74, 6) is 0.941. The molecule has 4 aromatic rings. The molecule has 5 rings (SSSR count). The van der Waals surface area contributed by atoms with Gasteiger partial charge in [-0.1, -0.05) is 29.8 Å². The highest BCUT2D eigenvalue weighted by Gasteiger charge is 2.34. The number of morpholine rings is 1. The topological polar surface area (TPSA) is 140 Å². The zero-order chi connectivity index (χ0) is 41.3. The Balaban J connectivity index is 1.11. The maximum absolute atomic E-state index is 14.1. The molecule has 0 unspecified atom stereocenters. The van der Waals surface area contributed by atoms with Crippen LogP contribution in [-0.4, -0.2) is 90.1 Å². The standard InChI is InChI=1S/C40H49BrF3N7O6/c1-6-49(22-25(2)3)28-9-10-34-30(17-28)31(40(42,43)44)18-38(53)51(34)12-14-55-13-7-8-37(52)50-11-15-56-29(23-50)24-57-35-16-26(4)32(41)19-33(35)47-39(54)48-36-21-45-27(5)20-46-36/h9-10,16-21,25,29H,6-8,11-15,22-24H2,1-5H3,(H2,46,47,48,54)/t29-/m0/s1. The van der Waals surface area contributed by atoms with Crippen LogP contribution < -0.4 is 25.8 Å². The van der Waals surface area contributed by atoms with Crippen LogP contribution in [0.5, 0.6) is 5.75 Å². The number of hydrogen-bond acceptors (Lipinski definition) is 9. The number of ether oxygens (including phenoxy) is 3. The van der Waals surface area contributed by atoms with Crippen molar-refractivity contribution in [3.05, 3.63) is 80.4 Å². The summed E-state index contributed by atoms with van der Waals surface area (Å²) in [6.07, 6.45) is -1.48. The monoisotopic (exact) mass is 859 g/mol. The third-order valence-corrected chi connectivity index (χ3v) is 10.2. The van der Waals surface area contributed by atoms with Crippen LogP contribution in [0.1, 0.15) is 50.4 Å². The smallest absolute Gasteiger partial charge is 0.417 e. The molecule has 0 spiro atoms. The van der Waals surface area contributed by atoms with Crippen molar-refractivity contribution in [2.24, 2.45) is 5.92 Å². The highest BCUT2D eigenvalue weighted by molar-refractivity contribution is 9.10. The van der Waals surface area contributed by atoms with Crippen molar-refractivity contribution in [2.45, 2.75) is 66.3 Å². The van der Waals surface area contributed by atoms with Gasteiger partial charge < -0.3 is 33.9 Å². The van der Waals surface area contributed by atoms with E-state index >= 15 is 0 Å². The number of nitrogens with zero attached hydrogens (tertiary/aromatic N) is 5. The Morgan fingerprint density at radius 2 is 1.88 bits per heavy atom. The largest absolute Gasteiger partial charge is 0.489 e. The number of amides is 3. The molecule has 1 aliphatic rings. The Labute approximate surface area is 338 Å². The second-order valence-electron chi connectivity index (χ2n) is 14.3. The van der Waals surface area contributed by atoms with E-state index in [4.69, 9.17) is 14.2 Å². The van der Waals surface area contributed by atoms with Crippen LogP contribution in [0.2, 0.25) is 0 Å². The Bertz CT molecular complexity index is 2080. The molecular weight excluding hydrogens is 811 g/mol. The first-order valence-corrected chi connectivity index (χ1v) is 19.7. The van der Waals surface area contributed by atoms with Gasteiger partial charge in [0.1, 0.15) is 18.5 Å². The summed E-state index contributed by atoms with van der Waals surface area (Å²) in [6.45, 7) is 12.6. The summed E-state index contributed by atoms with van der Waals surface area (Å²) in [4.78, 5) is 50.8. The van der Waals surface area contributed by atoms with E-state index in [1.165, 1.54) is 16.8 Å². The molecule has 1 aliphatic heterocycles. The van der Waals surface area contributed by atoms with Gasteiger partial charge in [0.15, 0.2) is 5.82 Å². The number of urea groups is 1. The second-order valence-corrected chi connectivity index (χ2v) is 15.1. The molecular formula is C40H49BrF3N7O6. The van der Waals surface area contributed by atoms with Crippen LogP contribution in [0.4, 0.5) is 35.2 Å². The SMILES string of the molecule is CCN(CC(C)C)c1ccc2c(c1)c(C(F)(F)F)cc(=O)n2CCOCCCC(=O)N1CCO[C@H](COc2cc(C)c(Br)cc2NC(=O)Nc2cnc(C)cn2)C1. The van der Waals surface area contributed by atoms with Crippen molar-refractivity contribution in [1.29, 1.82) is 0 Å². The highest BCUT2D eigenvalue weighted by Crippen LogP contribution is 2.36. The molecule has 1 atom stereocenters. The number of pyridine rings is 1. The van der Waals surface area contributed by atoms with E-state index in [0.717, 1.165) is 15.7 Å². The number of nitrogens with one attached hydrogen (secondary N) is 2. The molecule has 3 heterocycles. The van der Waals surface area contributed by atoms with Gasteiger partial charge in [-0.2, -0.15) is 13.2 Å². The zero-order valence-corrected chi connectivity index (χ0v) is 34.3. The van der Waals surface area contributed by atoms with Crippen LogP contribution >= 0.6 is 15.9 Å². The van der Waals surface area contributed by atoms with Crippen molar-refractivity contribution >= 4 is 56.0 Å². The van der Waals surface area contributed by atoms with Gasteiger partial charge >= 0.3 is 12.2 Å². The lowest BCUT2D eigenvalue weighted by molar-refractivity contribution is -0.140. The molecule has 57 heavy (non-hydrogen) atoms. The van der Waals surface area contributed by atoms with E-state index in [1.807, 2.05) is 32.6 Å². The second kappa shape index (κ2) is 19.6. The average molecular weight is 861 g/mol. The van der Waals surface area contributed by atoms with Crippen LogP contribution in [0.25, 0.3) is 10.9 Å². The first kappa shape index (κ1) is 43.4. The lowest BCUT2D eigenvalue weighted by atomic mass is 10.1. The third kappa shape index (κ3) is 11.9. The van der Waals surface area contributed by atoms with Gasteiger partial charge in [-0.3, -0.25) is 19.9 Å². The van der Waals surface area contributed by atoms with Crippen molar-refractivity contribution in [3.63, 3.8) is 0 Å². The number of benzene rings is 2. The van der Waals surface area contributed by atoms with Crippen LogP contribution in [0.15, 0.2) is 58.1 Å². The summed E-state index contributed by atoms with van der Waals surface area (Å²) in [5, 5.41) is 5.39. The summed E-state index contributed by atoms with van der Waals surface area (Å²) < 4.78 is 62.0. The van der Waals surface area contributed by atoms with Gasteiger partial charge in [-0.15, -0.1) is 0 Å². The molecule has 308 valence electrons. The number of anilines is 3. The summed E-state index contributed by atoms with van der Waals surface area (Å²) in [6, 6.07) is 8.48. The molecule has 1 fully saturated rings. The van der Waals surface area contributed by atoms with E-state index < -0.39 is 29.4 Å². The number of hydrogen-bond donors (Lipinski definition) is 2. The molecule has 17 heteroatoms. The molecule has 0 saturated carbocycles. The lowest BCUT2D eigenvalue weighted by Crippen LogP contribution is -2.47. The molecule has 0 aliphatic carbocycles. The predicted molar refractivity (Wildman–Crippen MR) is 216 cm³/mol. The van der Waals surface area contributed by atoms with Crippen molar-refractivity contribution < 1.29 is 37.0 Å². The fourth-order valence-corrected chi connectivity index (χ4v) is 6.81.